The Morgan fingerprint density at radius 2 is 0.861 bits per heavy atom. The van der Waals surface area contributed by atoms with Gasteiger partial charge in [0.05, 0.1) is 22.7 Å². The number of rotatable bonds is 2. The Balaban J connectivity index is 1.63. The Kier molecular flexibility index (Phi) is 6.86. The van der Waals surface area contributed by atoms with Gasteiger partial charge in [-0.3, -0.25) is 9.98 Å². The third-order valence-corrected chi connectivity index (χ3v) is 6.03. The summed E-state index contributed by atoms with van der Waals surface area (Å²) in [7, 11) is 0. The normalized spacial score (nSPS) is 16.2. The van der Waals surface area contributed by atoms with Crippen LogP contribution in [0.3, 0.4) is 0 Å². The Bertz CT molecular complexity index is 1360. The van der Waals surface area contributed by atoms with Gasteiger partial charge >= 0.3 is 0 Å². The highest BCUT2D eigenvalue weighted by Gasteiger charge is 2.06. The van der Waals surface area contributed by atoms with E-state index in [1.165, 1.54) is 11.1 Å². The molecule has 0 fully saturated rings. The lowest BCUT2D eigenvalue weighted by atomic mass is 10.1. The molecule has 0 saturated heterocycles. The van der Waals surface area contributed by atoms with Crippen LogP contribution < -0.4 is 10.6 Å². The van der Waals surface area contributed by atoms with Crippen LogP contribution in [0.5, 0.6) is 0 Å². The number of aliphatic imine (C=N–C) groups is 2. The van der Waals surface area contributed by atoms with Gasteiger partial charge in [-0.2, -0.15) is 0 Å². The molecule has 176 valence electrons. The molecule has 1 aliphatic rings. The van der Waals surface area contributed by atoms with E-state index in [1.807, 2.05) is 73.4 Å². The van der Waals surface area contributed by atoms with Gasteiger partial charge in [-0.25, -0.2) is 0 Å². The Morgan fingerprint density at radius 3 is 1.28 bits per heavy atom. The molecule has 4 nitrogen and oxygen atoms in total. The van der Waals surface area contributed by atoms with Crippen molar-refractivity contribution in [3.63, 3.8) is 0 Å². The highest BCUT2D eigenvalue weighted by molar-refractivity contribution is 6.13. The van der Waals surface area contributed by atoms with Gasteiger partial charge in [-0.1, -0.05) is 83.9 Å². The number of benzene rings is 4. The molecule has 5 rings (SSSR count). The van der Waals surface area contributed by atoms with E-state index in [2.05, 4.69) is 73.0 Å². The standard InChI is InChI=1S/C32H28N4/c1-23-11-15-25(16-12-23)27-19-33-29-7-3-5-9-31(29)35-21-28(26-17-13-24(2)14-18-26)22-36-32-10-6-4-8-30(32)34-20-27/h3-22,33,36H,1-2H3/b27-19-,28-22-,34-20?,35-21?. The van der Waals surface area contributed by atoms with Crippen molar-refractivity contribution in [2.75, 3.05) is 10.6 Å². The topological polar surface area (TPSA) is 48.8 Å². The molecule has 0 radical (unpaired) electrons. The molecule has 0 bridgehead atoms. The summed E-state index contributed by atoms with van der Waals surface area (Å²) in [6.07, 6.45) is 7.78. The molecule has 4 aromatic rings. The van der Waals surface area contributed by atoms with E-state index in [4.69, 9.17) is 9.98 Å². The predicted octanol–water partition coefficient (Wildman–Crippen LogP) is 8.33. The van der Waals surface area contributed by atoms with Crippen molar-refractivity contribution in [1.82, 2.24) is 0 Å². The molecule has 0 spiro atoms. The first-order valence-electron chi connectivity index (χ1n) is 12.0. The molecular formula is C32H28N4. The number of anilines is 2. The van der Waals surface area contributed by atoms with Gasteiger partial charge in [0.1, 0.15) is 0 Å². The number of aryl methyl sites for hydroxylation is 2. The van der Waals surface area contributed by atoms with Gasteiger partial charge in [0.2, 0.25) is 0 Å². The molecule has 2 N–H and O–H groups in total. The second kappa shape index (κ2) is 10.7. The molecule has 1 aliphatic heterocycles. The van der Waals surface area contributed by atoms with Gasteiger partial charge in [0, 0.05) is 36.0 Å². The second-order valence-corrected chi connectivity index (χ2v) is 8.77. The van der Waals surface area contributed by atoms with Crippen molar-refractivity contribution in [2.24, 2.45) is 9.98 Å². The van der Waals surface area contributed by atoms with Crippen LogP contribution in [0.25, 0.3) is 11.1 Å². The van der Waals surface area contributed by atoms with E-state index in [0.717, 1.165) is 45.0 Å². The minimum atomic E-state index is 0.851. The Morgan fingerprint density at radius 1 is 0.472 bits per heavy atom. The van der Waals surface area contributed by atoms with Crippen molar-refractivity contribution in [1.29, 1.82) is 0 Å². The summed E-state index contributed by atoms with van der Waals surface area (Å²) in [6, 6.07) is 33.0. The molecule has 0 atom stereocenters. The van der Waals surface area contributed by atoms with E-state index in [-0.39, 0.29) is 0 Å². The van der Waals surface area contributed by atoms with E-state index < -0.39 is 0 Å². The van der Waals surface area contributed by atoms with Crippen LogP contribution in [0.4, 0.5) is 22.7 Å². The summed E-state index contributed by atoms with van der Waals surface area (Å²) < 4.78 is 0. The molecular weight excluding hydrogens is 440 g/mol. The highest BCUT2D eigenvalue weighted by Crippen LogP contribution is 2.29. The quantitative estimate of drug-likeness (QED) is 0.311. The Hall–Kier alpha value is -4.70. The van der Waals surface area contributed by atoms with Crippen molar-refractivity contribution in [3.8, 4) is 0 Å². The molecule has 4 aromatic carbocycles. The van der Waals surface area contributed by atoms with E-state index in [9.17, 15) is 0 Å². The number of fused-ring (bicyclic) bond motifs is 2. The number of nitrogens with zero attached hydrogens (tertiary/aromatic N) is 2. The van der Waals surface area contributed by atoms with Crippen molar-refractivity contribution in [3.05, 3.63) is 132 Å². The minimum absolute atomic E-state index is 0.851. The molecule has 1 heterocycles. The molecule has 4 heteroatoms. The maximum atomic E-state index is 4.86. The van der Waals surface area contributed by atoms with E-state index >= 15 is 0 Å². The first-order valence-corrected chi connectivity index (χ1v) is 12.0. The highest BCUT2D eigenvalue weighted by atomic mass is 14.9. The Labute approximate surface area is 212 Å². The summed E-state index contributed by atoms with van der Waals surface area (Å²) in [5.74, 6) is 0. The van der Waals surface area contributed by atoms with Crippen molar-refractivity contribution >= 4 is 46.3 Å². The van der Waals surface area contributed by atoms with Crippen molar-refractivity contribution in [2.45, 2.75) is 13.8 Å². The van der Waals surface area contributed by atoms with Gasteiger partial charge in [0.25, 0.3) is 0 Å². The first-order chi connectivity index (χ1) is 17.7. The third-order valence-electron chi connectivity index (χ3n) is 6.03. The van der Waals surface area contributed by atoms with Crippen LogP contribution in [0.1, 0.15) is 22.3 Å². The number of allylic oxidation sites excluding steroid dienone is 2. The van der Waals surface area contributed by atoms with Crippen molar-refractivity contribution < 1.29 is 0 Å². The van der Waals surface area contributed by atoms with Gasteiger partial charge in [0.15, 0.2) is 0 Å². The summed E-state index contributed by atoms with van der Waals surface area (Å²) in [4.78, 5) is 9.72. The molecule has 0 unspecified atom stereocenters. The molecule has 0 aliphatic carbocycles. The number of para-hydroxylation sites is 4. The summed E-state index contributed by atoms with van der Waals surface area (Å²) in [6.45, 7) is 4.18. The number of hydrogen-bond acceptors (Lipinski definition) is 4. The van der Waals surface area contributed by atoms with E-state index in [0.29, 0.717) is 0 Å². The fourth-order valence-electron chi connectivity index (χ4n) is 3.89. The largest absolute Gasteiger partial charge is 0.359 e. The maximum absolute atomic E-state index is 4.86. The maximum Gasteiger partial charge on any atom is 0.0864 e. The van der Waals surface area contributed by atoms with Crippen LogP contribution in [-0.2, 0) is 0 Å². The average molecular weight is 469 g/mol. The lowest BCUT2D eigenvalue weighted by molar-refractivity contribution is 1.44. The third kappa shape index (κ3) is 5.50. The van der Waals surface area contributed by atoms with Crippen LogP contribution in [0, 0.1) is 13.8 Å². The van der Waals surface area contributed by atoms with Crippen LogP contribution >= 0.6 is 0 Å². The zero-order valence-corrected chi connectivity index (χ0v) is 20.4. The average Bonchev–Trinajstić information content (AvgIpc) is 2.91. The predicted molar refractivity (Wildman–Crippen MR) is 155 cm³/mol. The van der Waals surface area contributed by atoms with Gasteiger partial charge in [-0.15, -0.1) is 0 Å². The fraction of sp³-hybridized carbons (Fsp3) is 0.0625. The van der Waals surface area contributed by atoms with Crippen LogP contribution in [0.15, 0.2) is 119 Å². The molecule has 0 saturated carbocycles. The summed E-state index contributed by atoms with van der Waals surface area (Å²) >= 11 is 0. The number of nitrogens with one attached hydrogen (secondary N) is 2. The minimum Gasteiger partial charge on any atom is -0.359 e. The van der Waals surface area contributed by atoms with Crippen LogP contribution in [-0.4, -0.2) is 12.4 Å². The molecule has 36 heavy (non-hydrogen) atoms. The van der Waals surface area contributed by atoms with E-state index in [1.54, 1.807) is 0 Å². The van der Waals surface area contributed by atoms with Gasteiger partial charge in [-0.05, 0) is 49.2 Å². The number of hydrogen-bond donors (Lipinski definition) is 2. The zero-order chi connectivity index (χ0) is 24.7. The summed E-state index contributed by atoms with van der Waals surface area (Å²) in [5, 5.41) is 6.93. The lowest BCUT2D eigenvalue weighted by Crippen LogP contribution is -1.97. The fourth-order valence-corrected chi connectivity index (χ4v) is 3.89. The van der Waals surface area contributed by atoms with Gasteiger partial charge < -0.3 is 10.6 Å². The monoisotopic (exact) mass is 468 g/mol. The second-order valence-electron chi connectivity index (χ2n) is 8.77. The first kappa shape index (κ1) is 23.1. The lowest BCUT2D eigenvalue weighted by Gasteiger charge is -2.11. The summed E-state index contributed by atoms with van der Waals surface area (Å²) in [5.41, 5.74) is 10.1. The van der Waals surface area contributed by atoms with Crippen LogP contribution in [0.2, 0.25) is 0 Å². The SMILES string of the molecule is Cc1ccc(/C2=C\Nc3ccccc3N=C/C(c3ccc(C)cc3)=C/Nc3ccccc3N=C2)cc1. The zero-order valence-electron chi connectivity index (χ0n) is 20.4. The molecule has 0 amide bonds. The smallest absolute Gasteiger partial charge is 0.0864 e. The molecule has 0 aromatic heterocycles.